The van der Waals surface area contributed by atoms with Crippen molar-refractivity contribution in [1.82, 2.24) is 10.6 Å². The van der Waals surface area contributed by atoms with Crippen molar-refractivity contribution in [3.8, 4) is 0 Å². The lowest BCUT2D eigenvalue weighted by Crippen LogP contribution is -2.45. The predicted octanol–water partition coefficient (Wildman–Crippen LogP) is 3.25. The third kappa shape index (κ3) is 8.69. The van der Waals surface area contributed by atoms with Crippen LogP contribution in [0.3, 0.4) is 0 Å². The Bertz CT molecular complexity index is 201. The molecule has 0 amide bonds. The number of rotatable bonds is 6. The largest absolute Gasteiger partial charge is 0.356 e. The quantitative estimate of drug-likeness (QED) is 0.436. The van der Waals surface area contributed by atoms with E-state index < -0.39 is 0 Å². The van der Waals surface area contributed by atoms with Gasteiger partial charge in [0.2, 0.25) is 0 Å². The normalized spacial score (nSPS) is 13.5. The molecule has 0 radical (unpaired) electrons. The highest BCUT2D eigenvalue weighted by atomic mass is 127. The van der Waals surface area contributed by atoms with Gasteiger partial charge in [0, 0.05) is 19.6 Å². The smallest absolute Gasteiger partial charge is 0.191 e. The van der Waals surface area contributed by atoms with Crippen LogP contribution in [0.4, 0.5) is 0 Å². The summed E-state index contributed by atoms with van der Waals surface area (Å²) in [6.45, 7) is 12.1. The van der Waals surface area contributed by atoms with E-state index in [0.29, 0.717) is 12.0 Å². The van der Waals surface area contributed by atoms with E-state index in [-0.39, 0.29) is 24.0 Å². The zero-order valence-corrected chi connectivity index (χ0v) is 14.5. The lowest BCUT2D eigenvalue weighted by Gasteiger charge is -2.22. The maximum absolute atomic E-state index is 4.25. The Morgan fingerprint density at radius 3 is 2.00 bits per heavy atom. The molecule has 0 rings (SSSR count). The summed E-state index contributed by atoms with van der Waals surface area (Å²) in [5.74, 6) is 2.28. The Balaban J connectivity index is 0. The predicted molar refractivity (Wildman–Crippen MR) is 88.3 cm³/mol. The molecule has 104 valence electrons. The Morgan fingerprint density at radius 1 is 1.12 bits per heavy atom. The van der Waals surface area contributed by atoms with E-state index in [2.05, 4.69) is 50.2 Å². The molecule has 0 fully saturated rings. The SMILES string of the molecule is CCC(CC)CNC(=NC)NC(C)C(C)C.I. The minimum absolute atomic E-state index is 0. The molecule has 2 N–H and O–H groups in total. The Labute approximate surface area is 124 Å². The van der Waals surface area contributed by atoms with Gasteiger partial charge in [0.05, 0.1) is 0 Å². The number of nitrogens with one attached hydrogen (secondary N) is 2. The number of halogens is 1. The molecule has 0 bridgehead atoms. The highest BCUT2D eigenvalue weighted by molar-refractivity contribution is 14.0. The molecular formula is C13H30IN3. The molecule has 0 spiro atoms. The van der Waals surface area contributed by atoms with Crippen LogP contribution in [-0.2, 0) is 0 Å². The van der Waals surface area contributed by atoms with Crippen LogP contribution in [0.1, 0.15) is 47.5 Å². The third-order valence-electron chi connectivity index (χ3n) is 3.30. The van der Waals surface area contributed by atoms with Gasteiger partial charge in [-0.05, 0) is 18.8 Å². The minimum atomic E-state index is 0. The first-order chi connectivity index (χ1) is 7.54. The van der Waals surface area contributed by atoms with Crippen LogP contribution in [-0.4, -0.2) is 25.6 Å². The van der Waals surface area contributed by atoms with Crippen molar-refractivity contribution >= 4 is 29.9 Å². The van der Waals surface area contributed by atoms with Crippen LogP contribution < -0.4 is 10.6 Å². The van der Waals surface area contributed by atoms with E-state index in [0.717, 1.165) is 18.4 Å². The van der Waals surface area contributed by atoms with Gasteiger partial charge in [-0.3, -0.25) is 4.99 Å². The molecule has 17 heavy (non-hydrogen) atoms. The van der Waals surface area contributed by atoms with Gasteiger partial charge in [0.15, 0.2) is 5.96 Å². The van der Waals surface area contributed by atoms with E-state index in [1.165, 1.54) is 12.8 Å². The summed E-state index contributed by atoms with van der Waals surface area (Å²) >= 11 is 0. The van der Waals surface area contributed by atoms with Crippen LogP contribution in [0.2, 0.25) is 0 Å². The molecule has 0 aliphatic heterocycles. The van der Waals surface area contributed by atoms with Gasteiger partial charge in [-0.25, -0.2) is 0 Å². The van der Waals surface area contributed by atoms with Crippen LogP contribution in [0.5, 0.6) is 0 Å². The number of hydrogen-bond donors (Lipinski definition) is 2. The Morgan fingerprint density at radius 2 is 1.65 bits per heavy atom. The molecule has 0 aromatic rings. The summed E-state index contributed by atoms with van der Waals surface area (Å²) < 4.78 is 0. The van der Waals surface area contributed by atoms with Crippen molar-refractivity contribution in [2.45, 2.75) is 53.5 Å². The number of nitrogens with zero attached hydrogens (tertiary/aromatic N) is 1. The molecule has 0 aromatic carbocycles. The zero-order chi connectivity index (χ0) is 12.6. The van der Waals surface area contributed by atoms with Crippen LogP contribution in [0.15, 0.2) is 4.99 Å². The molecule has 1 atom stereocenters. The first kappa shape index (κ1) is 19.3. The Hall–Kier alpha value is 0. The lowest BCUT2D eigenvalue weighted by molar-refractivity contribution is 0.460. The zero-order valence-electron chi connectivity index (χ0n) is 12.2. The van der Waals surface area contributed by atoms with Crippen molar-refractivity contribution < 1.29 is 0 Å². The van der Waals surface area contributed by atoms with Crippen molar-refractivity contribution in [3.05, 3.63) is 0 Å². The molecular weight excluding hydrogens is 325 g/mol. The summed E-state index contributed by atoms with van der Waals surface area (Å²) in [5.41, 5.74) is 0. The van der Waals surface area contributed by atoms with E-state index >= 15 is 0 Å². The Kier molecular flexibility index (Phi) is 12.6. The van der Waals surface area contributed by atoms with Gasteiger partial charge in [0.1, 0.15) is 0 Å². The summed E-state index contributed by atoms with van der Waals surface area (Å²) in [6.07, 6.45) is 2.44. The standard InChI is InChI=1S/C13H29N3.HI/c1-7-12(8-2)9-15-13(14-6)16-11(5)10(3)4;/h10-12H,7-9H2,1-6H3,(H2,14,15,16);1H. The summed E-state index contributed by atoms with van der Waals surface area (Å²) in [4.78, 5) is 4.25. The van der Waals surface area contributed by atoms with Crippen LogP contribution in [0.25, 0.3) is 0 Å². The van der Waals surface area contributed by atoms with Gasteiger partial charge in [-0.1, -0.05) is 40.5 Å². The van der Waals surface area contributed by atoms with Gasteiger partial charge in [-0.15, -0.1) is 24.0 Å². The van der Waals surface area contributed by atoms with Crippen molar-refractivity contribution in [1.29, 1.82) is 0 Å². The molecule has 0 aliphatic carbocycles. The van der Waals surface area contributed by atoms with E-state index in [9.17, 15) is 0 Å². The molecule has 0 aliphatic rings. The molecule has 0 saturated carbocycles. The average Bonchev–Trinajstić information content (AvgIpc) is 2.28. The van der Waals surface area contributed by atoms with E-state index in [1.807, 2.05) is 7.05 Å². The molecule has 3 nitrogen and oxygen atoms in total. The van der Waals surface area contributed by atoms with Gasteiger partial charge < -0.3 is 10.6 Å². The van der Waals surface area contributed by atoms with Crippen LogP contribution in [0, 0.1) is 11.8 Å². The first-order valence-electron chi connectivity index (χ1n) is 6.52. The molecule has 0 saturated heterocycles. The fourth-order valence-corrected chi connectivity index (χ4v) is 1.40. The fourth-order valence-electron chi connectivity index (χ4n) is 1.40. The van der Waals surface area contributed by atoms with Gasteiger partial charge >= 0.3 is 0 Å². The summed E-state index contributed by atoms with van der Waals surface area (Å²) in [7, 11) is 1.83. The van der Waals surface area contributed by atoms with Crippen LogP contribution >= 0.6 is 24.0 Å². The van der Waals surface area contributed by atoms with E-state index in [4.69, 9.17) is 0 Å². The molecule has 0 aromatic heterocycles. The first-order valence-corrected chi connectivity index (χ1v) is 6.52. The molecule has 0 heterocycles. The average molecular weight is 355 g/mol. The number of hydrogen-bond acceptors (Lipinski definition) is 1. The lowest BCUT2D eigenvalue weighted by atomic mass is 10.0. The van der Waals surface area contributed by atoms with Crippen molar-refractivity contribution in [2.75, 3.05) is 13.6 Å². The van der Waals surface area contributed by atoms with Gasteiger partial charge in [-0.2, -0.15) is 0 Å². The van der Waals surface area contributed by atoms with Gasteiger partial charge in [0.25, 0.3) is 0 Å². The highest BCUT2D eigenvalue weighted by Crippen LogP contribution is 2.05. The number of aliphatic imine (C=N–C) groups is 1. The second kappa shape index (κ2) is 11.1. The number of guanidine groups is 1. The van der Waals surface area contributed by atoms with Crippen molar-refractivity contribution in [2.24, 2.45) is 16.8 Å². The maximum atomic E-state index is 4.25. The summed E-state index contributed by atoms with van der Waals surface area (Å²) in [5, 5.41) is 6.80. The second-order valence-electron chi connectivity index (χ2n) is 4.81. The topological polar surface area (TPSA) is 36.4 Å². The second-order valence-corrected chi connectivity index (χ2v) is 4.81. The van der Waals surface area contributed by atoms with E-state index in [1.54, 1.807) is 0 Å². The third-order valence-corrected chi connectivity index (χ3v) is 3.30. The highest BCUT2D eigenvalue weighted by Gasteiger charge is 2.10. The molecule has 4 heteroatoms. The fraction of sp³-hybridized carbons (Fsp3) is 0.923. The molecule has 1 unspecified atom stereocenters. The van der Waals surface area contributed by atoms with Crippen molar-refractivity contribution in [3.63, 3.8) is 0 Å². The summed E-state index contributed by atoms with van der Waals surface area (Å²) in [6, 6.07) is 0.452. The monoisotopic (exact) mass is 355 g/mol. The minimum Gasteiger partial charge on any atom is -0.356 e. The maximum Gasteiger partial charge on any atom is 0.191 e.